The minimum Gasteiger partial charge on any atom is -0.312 e. The van der Waals surface area contributed by atoms with Gasteiger partial charge in [0.1, 0.15) is 0 Å². The third kappa shape index (κ3) is 30.0. The highest BCUT2D eigenvalue weighted by molar-refractivity contribution is 5.01. The van der Waals surface area contributed by atoms with E-state index in [4.69, 9.17) is 5.73 Å². The molecule has 1 heterocycles. The molecule has 1 unspecified atom stereocenters. The lowest BCUT2D eigenvalue weighted by Gasteiger charge is -2.14. The van der Waals surface area contributed by atoms with Gasteiger partial charge in [-0.15, -0.1) is 5.10 Å². The van der Waals surface area contributed by atoms with E-state index < -0.39 is 0 Å². The Kier molecular flexibility index (Phi) is 35.1. The summed E-state index contributed by atoms with van der Waals surface area (Å²) in [5, 5.41) is 8.73. The molecule has 48 heavy (non-hydrogen) atoms. The Morgan fingerprint density at radius 3 is 0.896 bits per heavy atom. The molecule has 1 aromatic rings. The standard InChI is InChI=1S/C44H88N4/c1-3-5-7-9-11-13-14-15-16-17-18-19-20-21-22-23-24-25-26-27-28-29-30-32-34-36-38-40-43(44-41-48(42-45)47-46-44)39-37-35-33-31-12-10-8-6-4-2/h41,43H,3-40,42,45H2,1-2H3. The van der Waals surface area contributed by atoms with Gasteiger partial charge in [-0.1, -0.05) is 250 Å². The predicted molar refractivity (Wildman–Crippen MR) is 214 cm³/mol. The van der Waals surface area contributed by atoms with Crippen LogP contribution in [0.5, 0.6) is 0 Å². The van der Waals surface area contributed by atoms with E-state index in [1.807, 2.05) is 0 Å². The van der Waals surface area contributed by atoms with Crippen LogP contribution < -0.4 is 5.73 Å². The lowest BCUT2D eigenvalue weighted by molar-refractivity contribution is 0.474. The lowest BCUT2D eigenvalue weighted by Crippen LogP contribution is -2.07. The summed E-state index contributed by atoms with van der Waals surface area (Å²) >= 11 is 0. The summed E-state index contributed by atoms with van der Waals surface area (Å²) in [6.07, 6.45) is 56.4. The van der Waals surface area contributed by atoms with Gasteiger partial charge in [-0.3, -0.25) is 0 Å². The maximum atomic E-state index is 5.79. The minimum atomic E-state index is 0.428. The van der Waals surface area contributed by atoms with Crippen molar-refractivity contribution in [2.24, 2.45) is 5.73 Å². The average molecular weight is 673 g/mol. The first kappa shape index (κ1) is 45.1. The first-order valence-corrected chi connectivity index (χ1v) is 22.4. The zero-order valence-electron chi connectivity index (χ0n) is 33.2. The average Bonchev–Trinajstić information content (AvgIpc) is 3.59. The fraction of sp³-hybridized carbons (Fsp3) is 0.955. The Hall–Kier alpha value is -0.900. The van der Waals surface area contributed by atoms with Gasteiger partial charge in [-0.25, -0.2) is 4.68 Å². The van der Waals surface area contributed by atoms with Crippen molar-refractivity contribution in [3.63, 3.8) is 0 Å². The molecule has 0 aromatic carbocycles. The highest BCUT2D eigenvalue weighted by Gasteiger charge is 2.15. The van der Waals surface area contributed by atoms with Crippen molar-refractivity contribution in [2.45, 2.75) is 270 Å². The molecule has 0 radical (unpaired) electrons. The summed E-state index contributed by atoms with van der Waals surface area (Å²) in [6, 6.07) is 0. The minimum absolute atomic E-state index is 0.428. The number of nitrogens with zero attached hydrogens (tertiary/aromatic N) is 3. The van der Waals surface area contributed by atoms with Crippen molar-refractivity contribution in [3.05, 3.63) is 11.9 Å². The molecule has 2 N–H and O–H groups in total. The summed E-state index contributed by atoms with van der Waals surface area (Å²) in [7, 11) is 0. The summed E-state index contributed by atoms with van der Waals surface area (Å²) < 4.78 is 1.79. The molecule has 1 rings (SSSR count). The van der Waals surface area contributed by atoms with Gasteiger partial charge in [0.15, 0.2) is 0 Å². The Morgan fingerprint density at radius 2 is 0.667 bits per heavy atom. The van der Waals surface area contributed by atoms with Crippen LogP contribution in [-0.4, -0.2) is 15.0 Å². The van der Waals surface area contributed by atoms with Crippen LogP contribution in [0.25, 0.3) is 0 Å². The Bertz CT molecular complexity index is 731. The van der Waals surface area contributed by atoms with Crippen molar-refractivity contribution < 1.29 is 0 Å². The van der Waals surface area contributed by atoms with Gasteiger partial charge in [0.2, 0.25) is 0 Å². The number of aromatic nitrogens is 3. The van der Waals surface area contributed by atoms with Crippen LogP contribution in [-0.2, 0) is 6.67 Å². The Balaban J connectivity index is 1.87. The lowest BCUT2D eigenvalue weighted by atomic mass is 9.91. The third-order valence-corrected chi connectivity index (χ3v) is 11.0. The maximum absolute atomic E-state index is 5.79. The van der Waals surface area contributed by atoms with Gasteiger partial charge in [0, 0.05) is 5.92 Å². The second-order valence-electron chi connectivity index (χ2n) is 15.7. The summed E-state index contributed by atoms with van der Waals surface area (Å²) in [6.45, 7) is 5.03. The third-order valence-electron chi connectivity index (χ3n) is 11.0. The topological polar surface area (TPSA) is 56.7 Å². The molecule has 0 spiro atoms. The first-order valence-electron chi connectivity index (χ1n) is 22.4. The van der Waals surface area contributed by atoms with Crippen molar-refractivity contribution >= 4 is 0 Å². The molecular formula is C44H88N4. The molecule has 0 saturated heterocycles. The van der Waals surface area contributed by atoms with E-state index in [1.165, 1.54) is 250 Å². The van der Waals surface area contributed by atoms with Gasteiger partial charge < -0.3 is 5.73 Å². The highest BCUT2D eigenvalue weighted by atomic mass is 15.4. The summed E-state index contributed by atoms with van der Waals surface area (Å²) in [4.78, 5) is 0. The number of nitrogens with two attached hydrogens (primary N) is 1. The molecule has 0 saturated carbocycles. The molecule has 0 bridgehead atoms. The molecule has 4 heteroatoms. The quantitative estimate of drug-likeness (QED) is 0.0706. The van der Waals surface area contributed by atoms with Crippen molar-refractivity contribution in [1.29, 1.82) is 0 Å². The van der Waals surface area contributed by atoms with E-state index in [2.05, 4.69) is 30.4 Å². The Labute approximate surface area is 302 Å². The molecule has 1 atom stereocenters. The number of hydrogen-bond donors (Lipinski definition) is 1. The van der Waals surface area contributed by atoms with Crippen LogP contribution in [0.4, 0.5) is 0 Å². The highest BCUT2D eigenvalue weighted by Crippen LogP contribution is 2.27. The van der Waals surface area contributed by atoms with Gasteiger partial charge in [0.25, 0.3) is 0 Å². The van der Waals surface area contributed by atoms with E-state index in [0.717, 1.165) is 0 Å². The van der Waals surface area contributed by atoms with Crippen molar-refractivity contribution in [2.75, 3.05) is 0 Å². The Morgan fingerprint density at radius 1 is 0.417 bits per heavy atom. The van der Waals surface area contributed by atoms with Gasteiger partial charge in [-0.2, -0.15) is 0 Å². The van der Waals surface area contributed by atoms with Crippen molar-refractivity contribution in [3.8, 4) is 0 Å². The van der Waals surface area contributed by atoms with Gasteiger partial charge in [-0.05, 0) is 12.8 Å². The molecule has 4 nitrogen and oxygen atoms in total. The smallest absolute Gasteiger partial charge is 0.0896 e. The van der Waals surface area contributed by atoms with Crippen LogP contribution in [0.15, 0.2) is 6.20 Å². The number of hydrogen-bond acceptors (Lipinski definition) is 3. The van der Waals surface area contributed by atoms with Crippen LogP contribution in [0.2, 0.25) is 0 Å². The van der Waals surface area contributed by atoms with E-state index in [-0.39, 0.29) is 0 Å². The zero-order valence-corrected chi connectivity index (χ0v) is 33.2. The molecule has 0 aliphatic carbocycles. The maximum Gasteiger partial charge on any atom is 0.0896 e. The van der Waals surface area contributed by atoms with Crippen LogP contribution in [0.3, 0.4) is 0 Å². The van der Waals surface area contributed by atoms with E-state index in [9.17, 15) is 0 Å². The molecule has 0 aliphatic heterocycles. The number of unbranched alkanes of at least 4 members (excludes halogenated alkanes) is 34. The van der Waals surface area contributed by atoms with Gasteiger partial charge in [0.05, 0.1) is 18.6 Å². The predicted octanol–water partition coefficient (Wildman–Crippen LogP) is 15.1. The second-order valence-corrected chi connectivity index (χ2v) is 15.7. The van der Waals surface area contributed by atoms with Gasteiger partial charge >= 0.3 is 0 Å². The second kappa shape index (κ2) is 37.4. The monoisotopic (exact) mass is 673 g/mol. The van der Waals surface area contributed by atoms with Crippen LogP contribution >= 0.6 is 0 Å². The fourth-order valence-electron chi connectivity index (χ4n) is 7.61. The summed E-state index contributed by atoms with van der Waals surface area (Å²) in [5.41, 5.74) is 6.97. The molecular weight excluding hydrogens is 585 g/mol. The van der Waals surface area contributed by atoms with E-state index in [0.29, 0.717) is 12.6 Å². The molecule has 0 aliphatic rings. The van der Waals surface area contributed by atoms with Crippen LogP contribution in [0, 0.1) is 0 Å². The molecule has 0 fully saturated rings. The zero-order chi connectivity index (χ0) is 34.4. The first-order chi connectivity index (χ1) is 23.8. The number of rotatable bonds is 40. The van der Waals surface area contributed by atoms with Crippen LogP contribution in [0.1, 0.15) is 269 Å². The SMILES string of the molecule is CCCCCCCCCCCCCCCCCCCCCCCCCCCCCC(CCCCCCCCCCC)c1cn(CN)nn1. The van der Waals surface area contributed by atoms with Crippen molar-refractivity contribution in [1.82, 2.24) is 15.0 Å². The normalized spacial score (nSPS) is 12.3. The largest absolute Gasteiger partial charge is 0.312 e. The molecule has 0 amide bonds. The summed E-state index contributed by atoms with van der Waals surface area (Å²) in [5.74, 6) is 0.564. The molecule has 284 valence electrons. The van der Waals surface area contributed by atoms with E-state index >= 15 is 0 Å². The molecule has 1 aromatic heterocycles. The van der Waals surface area contributed by atoms with E-state index in [1.54, 1.807) is 4.68 Å². The fourth-order valence-corrected chi connectivity index (χ4v) is 7.61.